The van der Waals surface area contributed by atoms with Crippen molar-refractivity contribution in [2.75, 3.05) is 11.1 Å². The molecule has 7 heteroatoms. The highest BCUT2D eigenvalue weighted by atomic mass is 35.5. The molecule has 1 aromatic heterocycles. The Hall–Kier alpha value is -1.46. The summed E-state index contributed by atoms with van der Waals surface area (Å²) in [5, 5.41) is 10.1. The molecule has 0 radical (unpaired) electrons. The molecule has 5 nitrogen and oxygen atoms in total. The van der Waals surface area contributed by atoms with Crippen LogP contribution in [0.2, 0.25) is 10.0 Å². The predicted molar refractivity (Wildman–Crippen MR) is 60.5 cm³/mol. The van der Waals surface area contributed by atoms with Crippen LogP contribution >= 0.6 is 23.2 Å². The van der Waals surface area contributed by atoms with Crippen molar-refractivity contribution in [3.8, 4) is 0 Å². The van der Waals surface area contributed by atoms with Crippen molar-refractivity contribution in [1.29, 1.82) is 0 Å². The van der Waals surface area contributed by atoms with Crippen LogP contribution in [0.3, 0.4) is 0 Å². The van der Waals surface area contributed by atoms with Gasteiger partial charge in [0, 0.05) is 0 Å². The molecule has 0 bridgehead atoms. The first kappa shape index (κ1) is 10.1. The van der Waals surface area contributed by atoms with Crippen molar-refractivity contribution in [2.45, 2.75) is 0 Å². The van der Waals surface area contributed by atoms with Gasteiger partial charge in [-0.1, -0.05) is 29.3 Å². The molecule has 0 fully saturated rings. The second-order valence-electron chi connectivity index (χ2n) is 2.77. The minimum Gasteiger partial charge on any atom is -0.368 e. The van der Waals surface area contributed by atoms with Crippen molar-refractivity contribution in [3.63, 3.8) is 0 Å². The van der Waals surface area contributed by atoms with Crippen LogP contribution in [-0.2, 0) is 0 Å². The highest BCUT2D eigenvalue weighted by molar-refractivity contribution is 6.43. The van der Waals surface area contributed by atoms with Crippen LogP contribution < -0.4 is 11.1 Å². The Balaban J connectivity index is 2.28. The van der Waals surface area contributed by atoms with Crippen molar-refractivity contribution >= 4 is 40.8 Å². The smallest absolute Gasteiger partial charge is 0.248 e. The lowest BCUT2D eigenvalue weighted by Crippen LogP contribution is -1.93. The largest absolute Gasteiger partial charge is 0.368 e. The molecule has 2 aromatic rings. The lowest BCUT2D eigenvalue weighted by atomic mass is 10.3. The predicted octanol–water partition coefficient (Wildman–Crippen LogP) is 2.44. The maximum Gasteiger partial charge on any atom is 0.248 e. The van der Waals surface area contributed by atoms with Gasteiger partial charge in [-0.15, -0.1) is 5.10 Å². The topological polar surface area (TPSA) is 79.6 Å². The maximum atomic E-state index is 5.96. The summed E-state index contributed by atoms with van der Waals surface area (Å²) in [6.07, 6.45) is 0. The van der Waals surface area contributed by atoms with Gasteiger partial charge in [0.2, 0.25) is 11.9 Å². The third-order valence-electron chi connectivity index (χ3n) is 1.70. The molecule has 0 spiro atoms. The SMILES string of the molecule is Nc1nc(Nc2cccc(Cl)c2Cl)n[nH]1. The number of halogens is 2. The highest BCUT2D eigenvalue weighted by Crippen LogP contribution is 2.30. The van der Waals surface area contributed by atoms with Crippen LogP contribution in [0.4, 0.5) is 17.6 Å². The summed E-state index contributed by atoms with van der Waals surface area (Å²) in [5.41, 5.74) is 6.00. The van der Waals surface area contributed by atoms with Gasteiger partial charge in [-0.3, -0.25) is 0 Å². The van der Waals surface area contributed by atoms with Gasteiger partial charge in [0.05, 0.1) is 15.7 Å². The Labute approximate surface area is 95.6 Å². The quantitative estimate of drug-likeness (QED) is 0.757. The van der Waals surface area contributed by atoms with E-state index in [4.69, 9.17) is 28.9 Å². The first-order valence-corrected chi connectivity index (χ1v) is 4.81. The van der Waals surface area contributed by atoms with Gasteiger partial charge >= 0.3 is 0 Å². The number of hydrogen-bond acceptors (Lipinski definition) is 4. The molecule has 0 atom stereocenters. The van der Waals surface area contributed by atoms with Crippen LogP contribution in [0, 0.1) is 0 Å². The molecule has 0 saturated heterocycles. The van der Waals surface area contributed by atoms with Crippen LogP contribution in [0.15, 0.2) is 18.2 Å². The Kier molecular flexibility index (Phi) is 2.66. The fourth-order valence-corrected chi connectivity index (χ4v) is 1.40. The first-order valence-electron chi connectivity index (χ1n) is 4.06. The third kappa shape index (κ3) is 2.14. The Morgan fingerprint density at radius 3 is 2.80 bits per heavy atom. The average molecular weight is 244 g/mol. The molecule has 0 saturated carbocycles. The molecule has 4 N–H and O–H groups in total. The highest BCUT2D eigenvalue weighted by Gasteiger charge is 2.06. The van der Waals surface area contributed by atoms with Gasteiger partial charge in [0.15, 0.2) is 0 Å². The number of anilines is 3. The van der Waals surface area contributed by atoms with E-state index in [-0.39, 0.29) is 5.95 Å². The summed E-state index contributed by atoms with van der Waals surface area (Å²) >= 11 is 11.8. The molecule has 15 heavy (non-hydrogen) atoms. The zero-order valence-electron chi connectivity index (χ0n) is 7.46. The standard InChI is InChI=1S/C8H7Cl2N5/c9-4-2-1-3-5(6(4)10)12-8-13-7(11)14-15-8/h1-3H,(H4,11,12,13,14,15). The monoisotopic (exact) mass is 243 g/mol. The van der Waals surface area contributed by atoms with Gasteiger partial charge in [-0.05, 0) is 12.1 Å². The first-order chi connectivity index (χ1) is 7.16. The number of benzene rings is 1. The minimum absolute atomic E-state index is 0.232. The van der Waals surface area contributed by atoms with Crippen molar-refractivity contribution in [1.82, 2.24) is 15.2 Å². The average Bonchev–Trinajstić information content (AvgIpc) is 2.59. The molecule has 2 rings (SSSR count). The summed E-state index contributed by atoms with van der Waals surface area (Å²) < 4.78 is 0. The second kappa shape index (κ2) is 3.96. The van der Waals surface area contributed by atoms with Gasteiger partial charge in [0.25, 0.3) is 0 Å². The minimum atomic E-state index is 0.232. The number of rotatable bonds is 2. The molecule has 1 aromatic carbocycles. The zero-order valence-corrected chi connectivity index (χ0v) is 8.97. The van der Waals surface area contributed by atoms with Crippen molar-refractivity contribution < 1.29 is 0 Å². The van der Waals surface area contributed by atoms with Gasteiger partial charge in [0.1, 0.15) is 0 Å². The molecule has 0 amide bonds. The van der Waals surface area contributed by atoms with E-state index in [0.29, 0.717) is 21.7 Å². The van der Waals surface area contributed by atoms with E-state index in [1.165, 1.54) is 0 Å². The van der Waals surface area contributed by atoms with Crippen molar-refractivity contribution in [3.05, 3.63) is 28.2 Å². The van der Waals surface area contributed by atoms with E-state index in [1.54, 1.807) is 18.2 Å². The molecule has 0 unspecified atom stereocenters. The number of nitrogens with two attached hydrogens (primary N) is 1. The summed E-state index contributed by atoms with van der Waals surface area (Å²) in [6, 6.07) is 5.23. The van der Waals surface area contributed by atoms with Crippen LogP contribution in [0.5, 0.6) is 0 Å². The summed E-state index contributed by atoms with van der Waals surface area (Å²) in [6.45, 7) is 0. The van der Waals surface area contributed by atoms with Gasteiger partial charge in [-0.25, -0.2) is 5.10 Å². The fourth-order valence-electron chi connectivity index (χ4n) is 1.05. The molecule has 0 aliphatic carbocycles. The number of aromatic amines is 1. The Morgan fingerprint density at radius 1 is 1.33 bits per heavy atom. The molecule has 78 valence electrons. The number of aromatic nitrogens is 3. The fraction of sp³-hybridized carbons (Fsp3) is 0. The van der Waals surface area contributed by atoms with Gasteiger partial charge < -0.3 is 11.1 Å². The Morgan fingerprint density at radius 2 is 2.13 bits per heavy atom. The number of hydrogen-bond donors (Lipinski definition) is 3. The lowest BCUT2D eigenvalue weighted by molar-refractivity contribution is 1.10. The molecular weight excluding hydrogens is 237 g/mol. The van der Waals surface area contributed by atoms with E-state index < -0.39 is 0 Å². The summed E-state index contributed by atoms with van der Waals surface area (Å²) in [4.78, 5) is 3.88. The van der Waals surface area contributed by atoms with E-state index in [0.717, 1.165) is 0 Å². The van der Waals surface area contributed by atoms with E-state index in [9.17, 15) is 0 Å². The Bertz CT molecular complexity index is 482. The number of nitrogens with one attached hydrogen (secondary N) is 2. The second-order valence-corrected chi connectivity index (χ2v) is 3.56. The molecular formula is C8H7Cl2N5. The van der Waals surface area contributed by atoms with E-state index in [1.807, 2.05) is 0 Å². The summed E-state index contributed by atoms with van der Waals surface area (Å²) in [5.74, 6) is 0.576. The lowest BCUT2D eigenvalue weighted by Gasteiger charge is -2.04. The number of nitrogens with zero attached hydrogens (tertiary/aromatic N) is 2. The van der Waals surface area contributed by atoms with Gasteiger partial charge in [-0.2, -0.15) is 4.98 Å². The van der Waals surface area contributed by atoms with Crippen LogP contribution in [0.25, 0.3) is 0 Å². The molecule has 0 aliphatic rings. The van der Waals surface area contributed by atoms with Crippen LogP contribution in [-0.4, -0.2) is 15.2 Å². The van der Waals surface area contributed by atoms with Crippen LogP contribution in [0.1, 0.15) is 0 Å². The third-order valence-corrected chi connectivity index (χ3v) is 2.52. The number of nitrogen functional groups attached to an aromatic ring is 1. The van der Waals surface area contributed by atoms with E-state index in [2.05, 4.69) is 20.5 Å². The molecule has 0 aliphatic heterocycles. The van der Waals surface area contributed by atoms with E-state index >= 15 is 0 Å². The summed E-state index contributed by atoms with van der Waals surface area (Å²) in [7, 11) is 0. The number of H-pyrrole nitrogens is 1. The van der Waals surface area contributed by atoms with Crippen molar-refractivity contribution in [2.24, 2.45) is 0 Å². The maximum absolute atomic E-state index is 5.96. The zero-order chi connectivity index (χ0) is 10.8. The normalized spacial score (nSPS) is 10.3. The molecule has 1 heterocycles.